The molecule has 0 radical (unpaired) electrons. The van der Waals surface area contributed by atoms with Crippen LogP contribution >= 0.6 is 0 Å². The van der Waals surface area contributed by atoms with Gasteiger partial charge < -0.3 is 14.8 Å². The third-order valence-corrected chi connectivity index (χ3v) is 2.97. The maximum absolute atomic E-state index is 11.9. The van der Waals surface area contributed by atoms with E-state index in [-0.39, 0.29) is 30.7 Å². The number of anilines is 1. The first-order valence-corrected chi connectivity index (χ1v) is 7.46. The SMILES string of the molecule is CCOC(=O)Nc1cccc(C(=O)OCC(=O)NC(C)CC)c1. The van der Waals surface area contributed by atoms with Gasteiger partial charge >= 0.3 is 12.1 Å². The number of hydrogen-bond donors (Lipinski definition) is 2. The first kappa shape index (κ1) is 18.5. The fourth-order valence-corrected chi connectivity index (χ4v) is 1.64. The molecule has 0 heterocycles. The van der Waals surface area contributed by atoms with Gasteiger partial charge in [0.15, 0.2) is 6.61 Å². The number of ether oxygens (including phenoxy) is 2. The fraction of sp³-hybridized carbons (Fsp3) is 0.438. The number of hydrogen-bond acceptors (Lipinski definition) is 5. The number of carbonyl (C=O) groups excluding carboxylic acids is 3. The van der Waals surface area contributed by atoms with Gasteiger partial charge in [0.2, 0.25) is 0 Å². The molecule has 0 spiro atoms. The molecule has 1 aromatic rings. The van der Waals surface area contributed by atoms with Crippen LogP contribution in [0.3, 0.4) is 0 Å². The zero-order chi connectivity index (χ0) is 17.2. The lowest BCUT2D eigenvalue weighted by Gasteiger charge is -2.11. The smallest absolute Gasteiger partial charge is 0.411 e. The Kier molecular flexibility index (Phi) is 7.59. The number of carbonyl (C=O) groups is 3. The summed E-state index contributed by atoms with van der Waals surface area (Å²) in [5.41, 5.74) is 0.637. The maximum Gasteiger partial charge on any atom is 0.411 e. The Morgan fingerprint density at radius 2 is 1.91 bits per heavy atom. The lowest BCUT2D eigenvalue weighted by molar-refractivity contribution is -0.124. The van der Waals surface area contributed by atoms with Gasteiger partial charge in [0, 0.05) is 11.7 Å². The van der Waals surface area contributed by atoms with Crippen LogP contribution in [0, 0.1) is 0 Å². The molecule has 7 heteroatoms. The molecule has 0 bridgehead atoms. The van der Waals surface area contributed by atoms with Crippen LogP contribution in [0.15, 0.2) is 24.3 Å². The van der Waals surface area contributed by atoms with Crippen molar-refractivity contribution in [2.45, 2.75) is 33.2 Å². The number of esters is 1. The molecule has 126 valence electrons. The van der Waals surface area contributed by atoms with Crippen molar-refractivity contribution in [3.63, 3.8) is 0 Å². The van der Waals surface area contributed by atoms with E-state index in [2.05, 4.69) is 10.6 Å². The van der Waals surface area contributed by atoms with Crippen LogP contribution in [-0.4, -0.2) is 37.2 Å². The summed E-state index contributed by atoms with van der Waals surface area (Å²) in [6, 6.07) is 6.22. The van der Waals surface area contributed by atoms with Gasteiger partial charge in [0.25, 0.3) is 5.91 Å². The van der Waals surface area contributed by atoms with Gasteiger partial charge in [-0.25, -0.2) is 9.59 Å². The molecular weight excluding hydrogens is 300 g/mol. The van der Waals surface area contributed by atoms with Crippen LogP contribution in [0.25, 0.3) is 0 Å². The summed E-state index contributed by atoms with van der Waals surface area (Å²) in [4.78, 5) is 34.8. The van der Waals surface area contributed by atoms with Crippen molar-refractivity contribution < 1.29 is 23.9 Å². The van der Waals surface area contributed by atoms with E-state index in [1.165, 1.54) is 12.1 Å². The molecule has 2 N–H and O–H groups in total. The Bertz CT molecular complexity index is 559. The minimum absolute atomic E-state index is 0.0262. The van der Waals surface area contributed by atoms with Gasteiger partial charge in [-0.15, -0.1) is 0 Å². The monoisotopic (exact) mass is 322 g/mol. The Balaban J connectivity index is 2.56. The van der Waals surface area contributed by atoms with Crippen molar-refractivity contribution in [3.8, 4) is 0 Å². The molecule has 0 aliphatic heterocycles. The zero-order valence-electron chi connectivity index (χ0n) is 13.5. The molecular formula is C16H22N2O5. The highest BCUT2D eigenvalue weighted by molar-refractivity contribution is 5.93. The van der Waals surface area contributed by atoms with E-state index < -0.39 is 12.1 Å². The molecule has 0 saturated carbocycles. The molecule has 0 fully saturated rings. The van der Waals surface area contributed by atoms with Crippen LogP contribution in [0.2, 0.25) is 0 Å². The van der Waals surface area contributed by atoms with E-state index in [1.54, 1.807) is 19.1 Å². The summed E-state index contributed by atoms with van der Waals surface area (Å²) < 4.78 is 9.70. The van der Waals surface area contributed by atoms with E-state index >= 15 is 0 Å². The third kappa shape index (κ3) is 6.82. The number of benzene rings is 1. The van der Waals surface area contributed by atoms with Crippen molar-refractivity contribution in [2.24, 2.45) is 0 Å². The molecule has 1 aromatic carbocycles. The van der Waals surface area contributed by atoms with E-state index in [1.807, 2.05) is 13.8 Å². The number of rotatable bonds is 7. The van der Waals surface area contributed by atoms with Gasteiger partial charge in [-0.05, 0) is 38.5 Å². The quantitative estimate of drug-likeness (QED) is 0.751. The van der Waals surface area contributed by atoms with Crippen LogP contribution < -0.4 is 10.6 Å². The van der Waals surface area contributed by atoms with Gasteiger partial charge in [0.1, 0.15) is 0 Å². The molecule has 0 aromatic heterocycles. The van der Waals surface area contributed by atoms with Crippen LogP contribution in [0.1, 0.15) is 37.6 Å². The van der Waals surface area contributed by atoms with E-state index in [0.29, 0.717) is 5.69 Å². The average Bonchev–Trinajstić information content (AvgIpc) is 2.52. The highest BCUT2D eigenvalue weighted by Gasteiger charge is 2.12. The van der Waals surface area contributed by atoms with Crippen molar-refractivity contribution in [3.05, 3.63) is 29.8 Å². The minimum atomic E-state index is -0.642. The first-order valence-electron chi connectivity index (χ1n) is 7.46. The molecule has 2 amide bonds. The predicted octanol–water partition coefficient (Wildman–Crippen LogP) is 2.33. The van der Waals surface area contributed by atoms with Gasteiger partial charge in [0.05, 0.1) is 12.2 Å². The molecule has 0 aliphatic rings. The largest absolute Gasteiger partial charge is 0.452 e. The van der Waals surface area contributed by atoms with Gasteiger partial charge in [-0.2, -0.15) is 0 Å². The van der Waals surface area contributed by atoms with E-state index in [4.69, 9.17) is 9.47 Å². The Hall–Kier alpha value is -2.57. The molecule has 1 unspecified atom stereocenters. The summed E-state index contributed by atoms with van der Waals surface area (Å²) in [6.07, 6.45) is 0.187. The second kappa shape index (κ2) is 9.45. The summed E-state index contributed by atoms with van der Waals surface area (Å²) in [5, 5.41) is 5.19. The molecule has 0 saturated heterocycles. The van der Waals surface area contributed by atoms with Crippen LogP contribution in [-0.2, 0) is 14.3 Å². The Morgan fingerprint density at radius 3 is 2.57 bits per heavy atom. The van der Waals surface area contributed by atoms with Gasteiger partial charge in [-0.1, -0.05) is 13.0 Å². The Labute approximate surface area is 135 Å². The fourth-order valence-electron chi connectivity index (χ4n) is 1.64. The lowest BCUT2D eigenvalue weighted by Crippen LogP contribution is -2.35. The van der Waals surface area contributed by atoms with Crippen molar-refractivity contribution in [1.29, 1.82) is 0 Å². The molecule has 7 nitrogen and oxygen atoms in total. The summed E-state index contributed by atoms with van der Waals surface area (Å²) in [6.45, 7) is 5.40. The molecule has 0 aliphatic carbocycles. The molecule has 23 heavy (non-hydrogen) atoms. The summed E-state index contributed by atoms with van der Waals surface area (Å²) in [7, 11) is 0. The van der Waals surface area contributed by atoms with E-state index in [0.717, 1.165) is 6.42 Å². The Morgan fingerprint density at radius 1 is 1.17 bits per heavy atom. The predicted molar refractivity (Wildman–Crippen MR) is 85.3 cm³/mol. The van der Waals surface area contributed by atoms with Crippen molar-refractivity contribution >= 4 is 23.7 Å². The topological polar surface area (TPSA) is 93.7 Å². The number of nitrogens with one attached hydrogen (secondary N) is 2. The third-order valence-electron chi connectivity index (χ3n) is 2.97. The zero-order valence-corrected chi connectivity index (χ0v) is 13.5. The summed E-state index contributed by atoms with van der Waals surface area (Å²) >= 11 is 0. The van der Waals surface area contributed by atoms with Crippen molar-refractivity contribution in [2.75, 3.05) is 18.5 Å². The van der Waals surface area contributed by atoms with E-state index in [9.17, 15) is 14.4 Å². The first-order chi connectivity index (χ1) is 11.0. The lowest BCUT2D eigenvalue weighted by atomic mass is 10.2. The van der Waals surface area contributed by atoms with Crippen molar-refractivity contribution in [1.82, 2.24) is 5.32 Å². The minimum Gasteiger partial charge on any atom is -0.452 e. The van der Waals surface area contributed by atoms with Crippen LogP contribution in [0.5, 0.6) is 0 Å². The highest BCUT2D eigenvalue weighted by Crippen LogP contribution is 2.12. The second-order valence-electron chi connectivity index (χ2n) is 4.88. The average molecular weight is 322 g/mol. The normalized spacial score (nSPS) is 11.3. The second-order valence-corrected chi connectivity index (χ2v) is 4.88. The standard InChI is InChI=1S/C16H22N2O5/c1-4-11(3)17-14(19)10-23-15(20)12-7-6-8-13(9-12)18-16(21)22-5-2/h6-9,11H,4-5,10H2,1-3H3,(H,17,19)(H,18,21). The maximum atomic E-state index is 11.9. The van der Waals surface area contributed by atoms with Gasteiger partial charge in [-0.3, -0.25) is 10.1 Å². The molecule has 1 atom stereocenters. The highest BCUT2D eigenvalue weighted by atomic mass is 16.5. The molecule has 1 rings (SSSR count). The number of amides is 2. The van der Waals surface area contributed by atoms with Crippen LogP contribution in [0.4, 0.5) is 10.5 Å². The summed E-state index contributed by atoms with van der Waals surface area (Å²) in [5.74, 6) is -0.995.